The van der Waals surface area contributed by atoms with Crippen LogP contribution >= 0.6 is 24.2 Å². The van der Waals surface area contributed by atoms with E-state index in [4.69, 9.17) is 5.73 Å². The van der Waals surface area contributed by atoms with Crippen molar-refractivity contribution in [1.82, 2.24) is 4.90 Å². The second kappa shape index (κ2) is 9.05. The third-order valence-electron chi connectivity index (χ3n) is 3.96. The van der Waals surface area contributed by atoms with Crippen LogP contribution in [0.5, 0.6) is 0 Å². The van der Waals surface area contributed by atoms with Crippen molar-refractivity contribution in [2.45, 2.75) is 32.9 Å². The maximum Gasteiger partial charge on any atom is 0.289 e. The van der Waals surface area contributed by atoms with Gasteiger partial charge in [0.05, 0.1) is 18.3 Å². The maximum absolute atomic E-state index is 12.0. The Bertz CT molecular complexity index is 593. The summed E-state index contributed by atoms with van der Waals surface area (Å²) < 4.78 is 0. The smallest absolute Gasteiger partial charge is 0.289 e. The maximum atomic E-state index is 12.0. The Morgan fingerprint density at radius 1 is 1.33 bits per heavy atom. The zero-order chi connectivity index (χ0) is 17.0. The van der Waals surface area contributed by atoms with Crippen LogP contribution in [0.3, 0.4) is 0 Å². The Hall–Kier alpha value is -1.57. The highest BCUT2D eigenvalue weighted by molar-refractivity contribution is 8.14. The summed E-state index contributed by atoms with van der Waals surface area (Å²) in [6, 6.07) is 6.52. The first-order valence-corrected chi connectivity index (χ1v) is 8.53. The second-order valence-corrected chi connectivity index (χ2v) is 6.56. The van der Waals surface area contributed by atoms with E-state index in [2.05, 4.69) is 5.32 Å². The molecule has 24 heavy (non-hydrogen) atoms. The fourth-order valence-electron chi connectivity index (χ4n) is 2.15. The number of carbonyl (C=O) groups excluding carboxylic acids is 3. The Balaban J connectivity index is 0.00000288. The summed E-state index contributed by atoms with van der Waals surface area (Å²) in [5.74, 6) is -0.0650. The van der Waals surface area contributed by atoms with E-state index in [1.165, 1.54) is 4.90 Å². The molecule has 0 aliphatic carbocycles. The highest BCUT2D eigenvalue weighted by Crippen LogP contribution is 2.22. The molecule has 1 heterocycles. The molecule has 0 saturated carbocycles. The van der Waals surface area contributed by atoms with Crippen LogP contribution in [0.15, 0.2) is 24.3 Å². The predicted molar refractivity (Wildman–Crippen MR) is 98.2 cm³/mol. The monoisotopic (exact) mass is 371 g/mol. The first kappa shape index (κ1) is 20.5. The molecule has 2 unspecified atom stereocenters. The summed E-state index contributed by atoms with van der Waals surface area (Å²) in [5, 5.41) is 2.56. The van der Waals surface area contributed by atoms with Gasteiger partial charge in [-0.3, -0.25) is 19.3 Å². The number of nitrogens with one attached hydrogen (secondary N) is 1. The van der Waals surface area contributed by atoms with Crippen molar-refractivity contribution in [2.24, 2.45) is 11.7 Å². The van der Waals surface area contributed by atoms with E-state index in [0.29, 0.717) is 5.69 Å². The molecule has 6 nitrogen and oxygen atoms in total. The van der Waals surface area contributed by atoms with Crippen molar-refractivity contribution < 1.29 is 14.4 Å². The molecule has 2 atom stereocenters. The van der Waals surface area contributed by atoms with Crippen molar-refractivity contribution in [1.29, 1.82) is 0 Å². The van der Waals surface area contributed by atoms with E-state index < -0.39 is 6.04 Å². The average molecular weight is 372 g/mol. The fraction of sp³-hybridized carbons (Fsp3) is 0.438. The minimum absolute atomic E-state index is 0. The van der Waals surface area contributed by atoms with Gasteiger partial charge in [-0.25, -0.2) is 0 Å². The zero-order valence-electron chi connectivity index (χ0n) is 13.7. The Labute approximate surface area is 151 Å². The number of benzene rings is 1. The van der Waals surface area contributed by atoms with Crippen molar-refractivity contribution in [3.05, 3.63) is 29.8 Å². The molecule has 1 aliphatic heterocycles. The highest BCUT2D eigenvalue weighted by atomic mass is 35.5. The molecule has 1 aliphatic rings. The number of amides is 3. The molecule has 8 heteroatoms. The third-order valence-corrected chi connectivity index (χ3v) is 4.82. The third kappa shape index (κ3) is 4.96. The van der Waals surface area contributed by atoms with Crippen LogP contribution in [-0.2, 0) is 16.1 Å². The first-order chi connectivity index (χ1) is 10.9. The van der Waals surface area contributed by atoms with Gasteiger partial charge in [0, 0.05) is 5.69 Å². The van der Waals surface area contributed by atoms with E-state index in [1.54, 1.807) is 24.3 Å². The first-order valence-electron chi connectivity index (χ1n) is 7.55. The van der Waals surface area contributed by atoms with Crippen LogP contribution in [-0.4, -0.2) is 33.7 Å². The van der Waals surface area contributed by atoms with Gasteiger partial charge < -0.3 is 11.1 Å². The Kier molecular flexibility index (Phi) is 7.72. The van der Waals surface area contributed by atoms with E-state index in [9.17, 15) is 14.4 Å². The lowest BCUT2D eigenvalue weighted by Gasteiger charge is -2.18. The lowest BCUT2D eigenvalue weighted by atomic mass is 9.99. The number of carbonyl (C=O) groups is 3. The van der Waals surface area contributed by atoms with Gasteiger partial charge in [0.25, 0.3) is 5.24 Å². The molecule has 1 aromatic rings. The molecular formula is C16H22ClN3O3S. The molecule has 0 radical (unpaired) electrons. The van der Waals surface area contributed by atoms with Gasteiger partial charge in [0.1, 0.15) is 0 Å². The van der Waals surface area contributed by atoms with Gasteiger partial charge in [-0.05, 0) is 23.6 Å². The fourth-order valence-corrected chi connectivity index (χ4v) is 2.87. The Morgan fingerprint density at radius 2 is 1.96 bits per heavy atom. The van der Waals surface area contributed by atoms with Gasteiger partial charge in [0.2, 0.25) is 11.8 Å². The summed E-state index contributed by atoms with van der Waals surface area (Å²) in [5.41, 5.74) is 7.37. The molecule has 1 aromatic carbocycles. The number of halogens is 1. The standard InChI is InChI=1S/C16H21N3O3S.ClH/c1-3-10(2)14(17)15(21)18-12-6-4-11(5-7-12)8-19-13(20)9-23-16(19)22;/h4-7,10,14H,3,8-9,17H2,1-2H3,(H,18,21);1H. The largest absolute Gasteiger partial charge is 0.325 e. The molecule has 0 aromatic heterocycles. The molecule has 1 saturated heterocycles. The van der Waals surface area contributed by atoms with Crippen molar-refractivity contribution in [2.75, 3.05) is 11.1 Å². The number of hydrogen-bond donors (Lipinski definition) is 2. The average Bonchev–Trinajstić information content (AvgIpc) is 2.87. The summed E-state index contributed by atoms with van der Waals surface area (Å²) >= 11 is 1.02. The van der Waals surface area contributed by atoms with Crippen LogP contribution < -0.4 is 11.1 Å². The quantitative estimate of drug-likeness (QED) is 0.801. The number of imide groups is 1. The SMILES string of the molecule is CCC(C)C(N)C(=O)Nc1ccc(CN2C(=O)CSC2=O)cc1.Cl. The number of hydrogen-bond acceptors (Lipinski definition) is 5. The van der Waals surface area contributed by atoms with E-state index in [1.807, 2.05) is 13.8 Å². The lowest BCUT2D eigenvalue weighted by molar-refractivity contribution is -0.125. The minimum atomic E-state index is -0.545. The second-order valence-electron chi connectivity index (χ2n) is 5.63. The van der Waals surface area contributed by atoms with E-state index in [0.717, 1.165) is 23.7 Å². The van der Waals surface area contributed by atoms with E-state index in [-0.39, 0.29) is 47.7 Å². The van der Waals surface area contributed by atoms with Crippen LogP contribution in [0, 0.1) is 5.92 Å². The molecule has 2 rings (SSSR count). The summed E-state index contributed by atoms with van der Waals surface area (Å²) in [6.45, 7) is 4.19. The predicted octanol–water partition coefficient (Wildman–Crippen LogP) is 2.62. The van der Waals surface area contributed by atoms with Gasteiger partial charge in [0.15, 0.2) is 0 Å². The summed E-state index contributed by atoms with van der Waals surface area (Å²) in [4.78, 5) is 36.4. The zero-order valence-corrected chi connectivity index (χ0v) is 15.3. The molecule has 0 spiro atoms. The van der Waals surface area contributed by atoms with Crippen LogP contribution in [0.2, 0.25) is 0 Å². The summed E-state index contributed by atoms with van der Waals surface area (Å²) in [6.07, 6.45) is 0.837. The minimum Gasteiger partial charge on any atom is -0.325 e. The normalized spacial score (nSPS) is 16.5. The van der Waals surface area contributed by atoms with Gasteiger partial charge in [-0.2, -0.15) is 0 Å². The van der Waals surface area contributed by atoms with Crippen molar-refractivity contribution >= 4 is 46.9 Å². The molecular weight excluding hydrogens is 350 g/mol. The molecule has 0 bridgehead atoms. The highest BCUT2D eigenvalue weighted by Gasteiger charge is 2.29. The van der Waals surface area contributed by atoms with Crippen LogP contribution in [0.4, 0.5) is 10.5 Å². The molecule has 1 fully saturated rings. The van der Waals surface area contributed by atoms with Gasteiger partial charge >= 0.3 is 0 Å². The number of nitrogens with two attached hydrogens (primary N) is 1. The topological polar surface area (TPSA) is 92.5 Å². The van der Waals surface area contributed by atoms with Gasteiger partial charge in [-0.1, -0.05) is 44.2 Å². The lowest BCUT2D eigenvalue weighted by Crippen LogP contribution is -2.40. The van der Waals surface area contributed by atoms with Gasteiger partial charge in [-0.15, -0.1) is 12.4 Å². The number of nitrogens with zero attached hydrogens (tertiary/aromatic N) is 1. The Morgan fingerprint density at radius 3 is 2.46 bits per heavy atom. The van der Waals surface area contributed by atoms with Crippen molar-refractivity contribution in [3.8, 4) is 0 Å². The van der Waals surface area contributed by atoms with E-state index >= 15 is 0 Å². The van der Waals surface area contributed by atoms with Crippen LogP contribution in [0.1, 0.15) is 25.8 Å². The number of thioether (sulfide) groups is 1. The molecule has 3 N–H and O–H groups in total. The summed E-state index contributed by atoms with van der Waals surface area (Å²) in [7, 11) is 0. The van der Waals surface area contributed by atoms with Crippen molar-refractivity contribution in [3.63, 3.8) is 0 Å². The van der Waals surface area contributed by atoms with Crippen LogP contribution in [0.25, 0.3) is 0 Å². The molecule has 3 amide bonds. The number of anilines is 1. The number of rotatable bonds is 6. The molecule has 132 valence electrons.